The number of hydrogen-bond donors (Lipinski definition) is 0. The Bertz CT molecular complexity index is 1250. The molecule has 2 atom stereocenters. The van der Waals surface area contributed by atoms with Crippen molar-refractivity contribution in [1.29, 1.82) is 0 Å². The number of oxazole rings is 1. The Kier molecular flexibility index (Phi) is 5.16. The zero-order valence-electron chi connectivity index (χ0n) is 16.7. The van der Waals surface area contributed by atoms with E-state index >= 15 is 0 Å². The van der Waals surface area contributed by atoms with E-state index < -0.39 is 0 Å². The SMILES string of the molecule is C[C@@H]1CC[C@@H](c2nc3cc(Cl)ccc3o2)CN1C(=O)c1ccc(Cl)cc1-n1nccn1. The first-order chi connectivity index (χ1) is 15.0. The topological polar surface area (TPSA) is 77.0 Å². The molecule has 0 saturated carbocycles. The molecule has 7 nitrogen and oxygen atoms in total. The molecule has 1 aliphatic rings. The van der Waals surface area contributed by atoms with Crippen molar-refractivity contribution < 1.29 is 9.21 Å². The Balaban J connectivity index is 1.46. The number of benzene rings is 2. The van der Waals surface area contributed by atoms with Crippen molar-refractivity contribution in [2.45, 2.75) is 31.7 Å². The first-order valence-electron chi connectivity index (χ1n) is 10.0. The molecule has 0 bridgehead atoms. The molecule has 4 aromatic rings. The van der Waals surface area contributed by atoms with E-state index in [-0.39, 0.29) is 17.9 Å². The second-order valence-corrected chi connectivity index (χ2v) is 8.60. The molecule has 2 aromatic carbocycles. The molecule has 9 heteroatoms. The number of aromatic nitrogens is 4. The van der Waals surface area contributed by atoms with Gasteiger partial charge in [0.15, 0.2) is 11.5 Å². The Hall–Kier alpha value is -2.90. The molecule has 0 aliphatic carbocycles. The van der Waals surface area contributed by atoms with Crippen LogP contribution in [0.2, 0.25) is 10.0 Å². The van der Waals surface area contributed by atoms with Gasteiger partial charge < -0.3 is 9.32 Å². The molecule has 0 radical (unpaired) electrons. The van der Waals surface area contributed by atoms with Gasteiger partial charge in [-0.15, -0.1) is 0 Å². The number of carbonyl (C=O) groups is 1. The van der Waals surface area contributed by atoms with E-state index in [2.05, 4.69) is 22.1 Å². The van der Waals surface area contributed by atoms with Gasteiger partial charge in [0.1, 0.15) is 5.52 Å². The molecular weight excluding hydrogens is 437 g/mol. The summed E-state index contributed by atoms with van der Waals surface area (Å²) in [5.41, 5.74) is 2.47. The molecular formula is C22H19Cl2N5O2. The average Bonchev–Trinajstić information content (AvgIpc) is 3.43. The molecule has 1 fully saturated rings. The molecule has 3 heterocycles. The van der Waals surface area contributed by atoms with Gasteiger partial charge in [0.05, 0.1) is 29.6 Å². The van der Waals surface area contributed by atoms with E-state index in [4.69, 9.17) is 27.6 Å². The maximum atomic E-state index is 13.6. The largest absolute Gasteiger partial charge is 0.440 e. The highest BCUT2D eigenvalue weighted by Crippen LogP contribution is 2.33. The van der Waals surface area contributed by atoms with E-state index in [1.807, 2.05) is 11.0 Å². The van der Waals surface area contributed by atoms with Crippen LogP contribution in [0, 0.1) is 0 Å². The number of carbonyl (C=O) groups excluding carboxylic acids is 1. The zero-order chi connectivity index (χ0) is 21.5. The highest BCUT2D eigenvalue weighted by atomic mass is 35.5. The summed E-state index contributed by atoms with van der Waals surface area (Å²) in [4.78, 5) is 21.5. The summed E-state index contributed by atoms with van der Waals surface area (Å²) in [6.07, 6.45) is 4.86. The lowest BCUT2D eigenvalue weighted by molar-refractivity contribution is 0.0597. The number of likely N-dealkylation sites (tertiary alicyclic amines) is 1. The molecule has 0 spiro atoms. The normalized spacial score (nSPS) is 19.1. The standard InChI is InChI=1S/C22H19Cl2N5O2/c1-13-2-3-14(21-27-18-10-15(23)5-7-20(18)31-21)12-28(13)22(30)17-6-4-16(24)11-19(17)29-25-8-9-26-29/h4-11,13-14H,2-3,12H2,1H3/t13-,14-/m1/s1. The summed E-state index contributed by atoms with van der Waals surface area (Å²) < 4.78 is 5.98. The fourth-order valence-corrected chi connectivity index (χ4v) is 4.36. The number of piperidine rings is 1. The van der Waals surface area contributed by atoms with Gasteiger partial charge >= 0.3 is 0 Å². The smallest absolute Gasteiger partial charge is 0.256 e. The zero-order valence-corrected chi connectivity index (χ0v) is 18.2. The molecule has 0 N–H and O–H groups in total. The minimum Gasteiger partial charge on any atom is -0.440 e. The van der Waals surface area contributed by atoms with Crippen molar-refractivity contribution in [2.75, 3.05) is 6.54 Å². The summed E-state index contributed by atoms with van der Waals surface area (Å²) in [6.45, 7) is 2.57. The third-order valence-corrected chi connectivity index (χ3v) is 6.15. The van der Waals surface area contributed by atoms with Gasteiger partial charge in [-0.25, -0.2) is 4.98 Å². The molecule has 31 heavy (non-hydrogen) atoms. The Labute approximate surface area is 188 Å². The molecule has 1 aliphatic heterocycles. The molecule has 1 saturated heterocycles. The lowest BCUT2D eigenvalue weighted by Gasteiger charge is -2.37. The van der Waals surface area contributed by atoms with Gasteiger partial charge in [-0.05, 0) is 56.2 Å². The lowest BCUT2D eigenvalue weighted by Crippen LogP contribution is -2.45. The monoisotopic (exact) mass is 455 g/mol. The van der Waals surface area contributed by atoms with Gasteiger partial charge in [-0.3, -0.25) is 4.79 Å². The maximum Gasteiger partial charge on any atom is 0.256 e. The predicted octanol–water partition coefficient (Wildman–Crippen LogP) is 5.12. The second kappa shape index (κ2) is 7.98. The highest BCUT2D eigenvalue weighted by molar-refractivity contribution is 6.31. The van der Waals surface area contributed by atoms with Gasteiger partial charge in [0.2, 0.25) is 0 Å². The summed E-state index contributed by atoms with van der Waals surface area (Å²) in [5.74, 6) is 0.539. The molecule has 0 unspecified atom stereocenters. The fourth-order valence-electron chi connectivity index (χ4n) is 4.03. The van der Waals surface area contributed by atoms with Gasteiger partial charge in [0, 0.05) is 22.6 Å². The summed E-state index contributed by atoms with van der Waals surface area (Å²) >= 11 is 12.3. The Morgan fingerprint density at radius 3 is 2.61 bits per heavy atom. The molecule has 5 rings (SSSR count). The van der Waals surface area contributed by atoms with Crippen molar-refractivity contribution in [1.82, 2.24) is 24.9 Å². The number of nitrogens with zero attached hydrogens (tertiary/aromatic N) is 5. The third-order valence-electron chi connectivity index (χ3n) is 5.68. The lowest BCUT2D eigenvalue weighted by atomic mass is 9.92. The Morgan fingerprint density at radius 2 is 1.81 bits per heavy atom. The van der Waals surface area contributed by atoms with Crippen molar-refractivity contribution in [3.05, 3.63) is 70.3 Å². The van der Waals surface area contributed by atoms with E-state index in [0.29, 0.717) is 39.3 Å². The quantitative estimate of drug-likeness (QED) is 0.428. The summed E-state index contributed by atoms with van der Waals surface area (Å²) in [5, 5.41) is 9.47. The highest BCUT2D eigenvalue weighted by Gasteiger charge is 2.34. The number of hydrogen-bond acceptors (Lipinski definition) is 5. The van der Waals surface area contributed by atoms with E-state index in [9.17, 15) is 4.79 Å². The van der Waals surface area contributed by atoms with Crippen LogP contribution < -0.4 is 0 Å². The number of amides is 1. The van der Waals surface area contributed by atoms with Crippen LogP contribution >= 0.6 is 23.2 Å². The third kappa shape index (κ3) is 3.79. The minimum absolute atomic E-state index is 0.00454. The van der Waals surface area contributed by atoms with Crippen molar-refractivity contribution in [3.8, 4) is 5.69 Å². The van der Waals surface area contributed by atoms with E-state index in [1.54, 1.807) is 42.7 Å². The van der Waals surface area contributed by atoms with Gasteiger partial charge in [0.25, 0.3) is 5.91 Å². The second-order valence-electron chi connectivity index (χ2n) is 7.72. The van der Waals surface area contributed by atoms with Crippen molar-refractivity contribution >= 4 is 40.2 Å². The van der Waals surface area contributed by atoms with Crippen LogP contribution in [0.4, 0.5) is 0 Å². The first-order valence-corrected chi connectivity index (χ1v) is 10.8. The summed E-state index contributed by atoms with van der Waals surface area (Å²) in [7, 11) is 0. The van der Waals surface area contributed by atoms with E-state index in [0.717, 1.165) is 18.4 Å². The van der Waals surface area contributed by atoms with Crippen molar-refractivity contribution in [2.24, 2.45) is 0 Å². The van der Waals surface area contributed by atoms with Crippen LogP contribution in [-0.4, -0.2) is 43.4 Å². The van der Waals surface area contributed by atoms with Gasteiger partial charge in [-0.2, -0.15) is 15.0 Å². The van der Waals surface area contributed by atoms with Crippen molar-refractivity contribution in [3.63, 3.8) is 0 Å². The minimum atomic E-state index is -0.0969. The molecule has 158 valence electrons. The molecule has 1 amide bonds. The van der Waals surface area contributed by atoms with Crippen LogP contribution in [0.5, 0.6) is 0 Å². The number of fused-ring (bicyclic) bond motifs is 1. The molecule has 2 aromatic heterocycles. The summed E-state index contributed by atoms with van der Waals surface area (Å²) in [6, 6.07) is 10.6. The van der Waals surface area contributed by atoms with E-state index in [1.165, 1.54) is 4.80 Å². The average molecular weight is 456 g/mol. The first kappa shape index (κ1) is 20.0. The maximum absolute atomic E-state index is 13.6. The van der Waals surface area contributed by atoms with Crippen LogP contribution in [0.15, 0.2) is 53.2 Å². The number of rotatable bonds is 3. The Morgan fingerprint density at radius 1 is 1.06 bits per heavy atom. The van der Waals surface area contributed by atoms with Gasteiger partial charge in [-0.1, -0.05) is 23.2 Å². The van der Waals surface area contributed by atoms with Crippen LogP contribution in [-0.2, 0) is 0 Å². The predicted molar refractivity (Wildman–Crippen MR) is 118 cm³/mol. The van der Waals surface area contributed by atoms with Crippen LogP contribution in [0.1, 0.15) is 41.9 Å². The fraction of sp³-hybridized carbons (Fsp3) is 0.273. The number of halogens is 2. The van der Waals surface area contributed by atoms with Crippen LogP contribution in [0.3, 0.4) is 0 Å². The van der Waals surface area contributed by atoms with Crippen LogP contribution in [0.25, 0.3) is 16.8 Å².